The van der Waals surface area contributed by atoms with E-state index < -0.39 is 0 Å². The number of hydrogen-bond acceptors (Lipinski definition) is 6. The molecule has 4 aromatic rings. The van der Waals surface area contributed by atoms with Crippen LogP contribution in [0.3, 0.4) is 0 Å². The van der Waals surface area contributed by atoms with Crippen molar-refractivity contribution in [3.8, 4) is 11.4 Å². The van der Waals surface area contributed by atoms with Gasteiger partial charge in [0.15, 0.2) is 5.16 Å². The average molecular weight is 449 g/mol. The second-order valence-corrected chi connectivity index (χ2v) is 8.49. The first-order valence-corrected chi connectivity index (χ1v) is 10.9. The van der Waals surface area contributed by atoms with Crippen LogP contribution in [0.25, 0.3) is 5.69 Å². The molecule has 9 heteroatoms. The monoisotopic (exact) mass is 448 g/mol. The van der Waals surface area contributed by atoms with Crippen molar-refractivity contribution >= 4 is 46.3 Å². The molecule has 0 aliphatic rings. The lowest BCUT2D eigenvalue weighted by atomic mass is 10.3. The molecular weight excluding hydrogens is 435 g/mol. The van der Waals surface area contributed by atoms with Crippen molar-refractivity contribution in [2.45, 2.75) is 17.5 Å². The Labute approximate surface area is 180 Å². The van der Waals surface area contributed by atoms with Gasteiger partial charge in [-0.05, 0) is 42.5 Å². The maximum Gasteiger partial charge on any atom is 0.195 e. The van der Waals surface area contributed by atoms with Gasteiger partial charge in [-0.15, -0.1) is 21.5 Å². The van der Waals surface area contributed by atoms with E-state index in [9.17, 15) is 0 Å². The fourth-order valence-corrected chi connectivity index (χ4v) is 4.36. The number of halogens is 2. The van der Waals surface area contributed by atoms with Crippen LogP contribution in [0.1, 0.15) is 10.7 Å². The van der Waals surface area contributed by atoms with Crippen LogP contribution >= 0.6 is 46.3 Å². The molecule has 5 nitrogen and oxygen atoms in total. The van der Waals surface area contributed by atoms with Crippen molar-refractivity contribution < 1.29 is 4.74 Å². The van der Waals surface area contributed by atoms with Crippen molar-refractivity contribution in [3.05, 3.63) is 81.0 Å². The van der Waals surface area contributed by atoms with E-state index in [4.69, 9.17) is 27.9 Å². The maximum absolute atomic E-state index is 6.08. The first-order valence-electron chi connectivity index (χ1n) is 8.28. The Bertz CT molecular complexity index is 1070. The summed E-state index contributed by atoms with van der Waals surface area (Å²) in [5.41, 5.74) is 1.90. The number of aromatic nitrogens is 4. The molecule has 28 heavy (non-hydrogen) atoms. The van der Waals surface area contributed by atoms with Gasteiger partial charge in [0.25, 0.3) is 0 Å². The van der Waals surface area contributed by atoms with E-state index in [-0.39, 0.29) is 0 Å². The molecule has 2 heterocycles. The topological polar surface area (TPSA) is 52.8 Å². The van der Waals surface area contributed by atoms with Crippen molar-refractivity contribution in [2.75, 3.05) is 0 Å². The lowest BCUT2D eigenvalue weighted by molar-refractivity contribution is 0.305. The van der Waals surface area contributed by atoms with E-state index in [2.05, 4.69) is 15.2 Å². The van der Waals surface area contributed by atoms with Crippen LogP contribution in [0.4, 0.5) is 0 Å². The van der Waals surface area contributed by atoms with E-state index >= 15 is 0 Å². The standard InChI is InChI=1S/C19H14Cl2N4OS2/c20-13-4-6-17(7-5-13)26-9-18-23-15(10-27-18)11-28-19-24-22-12-25(19)16-3-1-2-14(21)8-16/h1-8,10,12H,9,11H2. The molecule has 2 aromatic heterocycles. The van der Waals surface area contributed by atoms with Crippen molar-refractivity contribution in [1.82, 2.24) is 19.7 Å². The van der Waals surface area contributed by atoms with Crippen LogP contribution < -0.4 is 4.74 Å². The number of thiazole rings is 1. The molecule has 0 spiro atoms. The number of benzene rings is 2. The fraction of sp³-hybridized carbons (Fsp3) is 0.105. The average Bonchev–Trinajstić information content (AvgIpc) is 3.35. The normalized spacial score (nSPS) is 10.9. The molecule has 0 N–H and O–H groups in total. The van der Waals surface area contributed by atoms with Gasteiger partial charge >= 0.3 is 0 Å². The Hall–Kier alpha value is -2.06. The zero-order chi connectivity index (χ0) is 19.3. The number of thioether (sulfide) groups is 1. The fourth-order valence-electron chi connectivity index (χ4n) is 2.42. The molecule has 0 aliphatic heterocycles. The van der Waals surface area contributed by atoms with Crippen molar-refractivity contribution in [3.63, 3.8) is 0 Å². The Morgan fingerprint density at radius 1 is 1.07 bits per heavy atom. The highest BCUT2D eigenvalue weighted by atomic mass is 35.5. The second kappa shape index (κ2) is 8.96. The molecule has 2 aromatic carbocycles. The molecule has 142 valence electrons. The van der Waals surface area contributed by atoms with Gasteiger partial charge in [0.1, 0.15) is 23.7 Å². The van der Waals surface area contributed by atoms with Crippen LogP contribution in [-0.4, -0.2) is 19.7 Å². The Morgan fingerprint density at radius 3 is 2.75 bits per heavy atom. The molecule has 0 radical (unpaired) electrons. The minimum Gasteiger partial charge on any atom is -0.486 e. The highest BCUT2D eigenvalue weighted by molar-refractivity contribution is 7.98. The highest BCUT2D eigenvalue weighted by Crippen LogP contribution is 2.26. The summed E-state index contributed by atoms with van der Waals surface area (Å²) >= 11 is 15.1. The number of ether oxygens (including phenoxy) is 1. The summed E-state index contributed by atoms with van der Waals surface area (Å²) in [5.74, 6) is 1.46. The SMILES string of the molecule is Clc1ccc(OCc2nc(CSc3nncn3-c3cccc(Cl)c3)cs2)cc1. The quantitative estimate of drug-likeness (QED) is 0.329. The molecule has 0 amide bonds. The zero-order valence-electron chi connectivity index (χ0n) is 14.5. The van der Waals surface area contributed by atoms with Crippen LogP contribution in [0, 0.1) is 0 Å². The minimum absolute atomic E-state index is 0.426. The second-order valence-electron chi connectivity index (χ2n) is 5.73. The molecule has 4 rings (SSSR count). The molecule has 0 saturated heterocycles. The third kappa shape index (κ3) is 4.86. The molecule has 0 aliphatic carbocycles. The zero-order valence-corrected chi connectivity index (χ0v) is 17.6. The third-order valence-electron chi connectivity index (χ3n) is 3.73. The molecule has 0 unspecified atom stereocenters. The predicted octanol–water partition coefficient (Wildman–Crippen LogP) is 5.90. The molecule has 0 fully saturated rings. The van der Waals surface area contributed by atoms with Crippen LogP contribution in [-0.2, 0) is 12.4 Å². The predicted molar refractivity (Wildman–Crippen MR) is 114 cm³/mol. The lowest BCUT2D eigenvalue weighted by Gasteiger charge is -2.06. The molecule has 0 saturated carbocycles. The van der Waals surface area contributed by atoms with Crippen molar-refractivity contribution in [2.24, 2.45) is 0 Å². The molecular formula is C19H14Cl2N4OS2. The van der Waals surface area contributed by atoms with E-state index in [0.29, 0.717) is 22.4 Å². The summed E-state index contributed by atoms with van der Waals surface area (Å²) in [6.45, 7) is 0.426. The maximum atomic E-state index is 6.08. The molecule has 0 bridgehead atoms. The van der Waals surface area contributed by atoms with Gasteiger partial charge in [0.05, 0.1) is 11.4 Å². The van der Waals surface area contributed by atoms with Crippen LogP contribution in [0.5, 0.6) is 5.75 Å². The Morgan fingerprint density at radius 2 is 1.93 bits per heavy atom. The Kier molecular flexibility index (Phi) is 6.17. The highest BCUT2D eigenvalue weighted by Gasteiger charge is 2.10. The summed E-state index contributed by atoms with van der Waals surface area (Å²) in [5, 5.41) is 13.3. The minimum atomic E-state index is 0.426. The van der Waals surface area contributed by atoms with Gasteiger partial charge in [0, 0.05) is 21.2 Å². The summed E-state index contributed by atoms with van der Waals surface area (Å²) in [4.78, 5) is 4.63. The van der Waals surface area contributed by atoms with E-state index in [1.807, 2.05) is 46.3 Å². The summed E-state index contributed by atoms with van der Waals surface area (Å²) in [7, 11) is 0. The first-order chi connectivity index (χ1) is 13.7. The Balaban J connectivity index is 1.36. The van der Waals surface area contributed by atoms with Gasteiger partial charge in [-0.3, -0.25) is 4.57 Å². The molecule has 0 atom stereocenters. The van der Waals surface area contributed by atoms with Crippen molar-refractivity contribution in [1.29, 1.82) is 0 Å². The smallest absolute Gasteiger partial charge is 0.195 e. The summed E-state index contributed by atoms with van der Waals surface area (Å²) < 4.78 is 7.65. The van der Waals surface area contributed by atoms with Gasteiger partial charge in [0.2, 0.25) is 0 Å². The largest absolute Gasteiger partial charge is 0.486 e. The third-order valence-corrected chi connectivity index (χ3v) is 6.06. The van der Waals surface area contributed by atoms with Crippen LogP contribution in [0.2, 0.25) is 10.0 Å². The number of hydrogen-bond donors (Lipinski definition) is 0. The summed E-state index contributed by atoms with van der Waals surface area (Å²) in [6.07, 6.45) is 1.68. The van der Waals surface area contributed by atoms with E-state index in [0.717, 1.165) is 27.3 Å². The van der Waals surface area contributed by atoms with Gasteiger partial charge in [-0.2, -0.15) is 0 Å². The van der Waals surface area contributed by atoms with Gasteiger partial charge in [-0.25, -0.2) is 4.98 Å². The van der Waals surface area contributed by atoms with E-state index in [1.54, 1.807) is 41.6 Å². The summed E-state index contributed by atoms with van der Waals surface area (Å²) in [6, 6.07) is 14.9. The van der Waals surface area contributed by atoms with Gasteiger partial charge < -0.3 is 4.74 Å². The van der Waals surface area contributed by atoms with E-state index in [1.165, 1.54) is 0 Å². The lowest BCUT2D eigenvalue weighted by Crippen LogP contribution is -1.96. The first kappa shape index (κ1) is 19.3. The number of nitrogens with zero attached hydrogens (tertiary/aromatic N) is 4. The van der Waals surface area contributed by atoms with Crippen LogP contribution in [0.15, 0.2) is 65.4 Å². The number of rotatable bonds is 7. The van der Waals surface area contributed by atoms with Gasteiger partial charge in [-0.1, -0.05) is 41.0 Å².